The van der Waals surface area contributed by atoms with Crippen LogP contribution in [0.2, 0.25) is 0 Å². The van der Waals surface area contributed by atoms with E-state index in [4.69, 9.17) is 0 Å². The van der Waals surface area contributed by atoms with E-state index in [0.717, 1.165) is 17.7 Å². The van der Waals surface area contributed by atoms with Crippen molar-refractivity contribution < 1.29 is 0 Å². The largest absolute Gasteiger partial charge is 0.261 e. The van der Waals surface area contributed by atoms with Gasteiger partial charge in [-0.2, -0.15) is 0 Å². The van der Waals surface area contributed by atoms with Gasteiger partial charge in [0, 0.05) is 17.5 Å². The fraction of sp³-hybridized carbons (Fsp3) is 0.0889. The van der Waals surface area contributed by atoms with Crippen molar-refractivity contribution in [3.63, 3.8) is 0 Å². The molecule has 0 fully saturated rings. The normalized spacial score (nSPS) is 12.2. The predicted octanol–water partition coefficient (Wildman–Crippen LogP) is 12.0. The Morgan fingerprint density at radius 2 is 1.11 bits per heavy atom. The van der Waals surface area contributed by atoms with Crippen LogP contribution in [0.15, 0.2) is 134 Å². The van der Waals surface area contributed by atoms with Crippen LogP contribution in [-0.2, 0) is 6.42 Å². The van der Waals surface area contributed by atoms with Crippen molar-refractivity contribution in [1.82, 2.24) is 4.98 Å². The van der Waals surface area contributed by atoms with Gasteiger partial charge in [-0.3, -0.25) is 4.98 Å². The number of aryl methyl sites for hydroxylation is 3. The predicted molar refractivity (Wildman–Crippen MR) is 196 cm³/mol. The lowest BCUT2D eigenvalue weighted by Gasteiger charge is -2.25. The molecule has 0 aliphatic heterocycles. The van der Waals surface area contributed by atoms with Crippen LogP contribution >= 0.6 is 0 Å². The average molecular weight is 588 g/mol. The average Bonchev–Trinajstić information content (AvgIpc) is 3.07. The zero-order valence-electron chi connectivity index (χ0n) is 26.4. The van der Waals surface area contributed by atoms with E-state index in [0.29, 0.717) is 0 Å². The number of hydrogen-bond acceptors (Lipinski definition) is 1. The van der Waals surface area contributed by atoms with Gasteiger partial charge in [0.15, 0.2) is 0 Å². The fourth-order valence-corrected chi connectivity index (χ4v) is 8.06. The first-order valence-electron chi connectivity index (χ1n) is 16.2. The first-order chi connectivity index (χ1) is 22.5. The second-order valence-corrected chi connectivity index (χ2v) is 12.9. The third-order valence-electron chi connectivity index (χ3n) is 9.94. The fourth-order valence-electron chi connectivity index (χ4n) is 8.06. The Balaban J connectivity index is 1.34. The van der Waals surface area contributed by atoms with Crippen LogP contribution in [0.25, 0.3) is 76.8 Å². The van der Waals surface area contributed by atoms with E-state index < -0.39 is 0 Å². The molecule has 0 spiro atoms. The summed E-state index contributed by atoms with van der Waals surface area (Å²) >= 11 is 0. The SMILES string of the molecule is Cc1cc(C)c2c(c1)Cc1cccc3c(-c4c5ccccc5c(-c5cccc(-c6ccc(C)nc6)c5)c5ccccc45)ccc-2c13. The van der Waals surface area contributed by atoms with Crippen LogP contribution in [0.1, 0.15) is 27.9 Å². The highest BCUT2D eigenvalue weighted by Gasteiger charge is 2.24. The van der Waals surface area contributed by atoms with Gasteiger partial charge in [-0.25, -0.2) is 0 Å². The lowest BCUT2D eigenvalue weighted by atomic mass is 9.78. The molecule has 9 rings (SSSR count). The van der Waals surface area contributed by atoms with Crippen molar-refractivity contribution in [1.29, 1.82) is 0 Å². The number of benzene rings is 7. The van der Waals surface area contributed by atoms with Gasteiger partial charge in [0.25, 0.3) is 0 Å². The van der Waals surface area contributed by atoms with E-state index in [2.05, 4.69) is 146 Å². The number of fused-ring (bicyclic) bond motifs is 4. The lowest BCUT2D eigenvalue weighted by Crippen LogP contribution is -2.04. The van der Waals surface area contributed by atoms with Crippen molar-refractivity contribution in [3.05, 3.63) is 162 Å². The van der Waals surface area contributed by atoms with Gasteiger partial charge in [0.1, 0.15) is 0 Å². The number of pyridine rings is 1. The summed E-state index contributed by atoms with van der Waals surface area (Å²) in [6.07, 6.45) is 2.95. The van der Waals surface area contributed by atoms with E-state index in [9.17, 15) is 0 Å². The molecule has 0 atom stereocenters. The maximum Gasteiger partial charge on any atom is 0.0373 e. The van der Waals surface area contributed by atoms with Crippen molar-refractivity contribution >= 4 is 32.3 Å². The molecule has 218 valence electrons. The van der Waals surface area contributed by atoms with E-state index in [1.165, 1.54) is 93.5 Å². The molecule has 1 nitrogen and oxygen atoms in total. The minimum absolute atomic E-state index is 0.971. The molecule has 0 radical (unpaired) electrons. The molecule has 1 heterocycles. The highest BCUT2D eigenvalue weighted by molar-refractivity contribution is 6.24. The zero-order valence-corrected chi connectivity index (χ0v) is 26.4. The summed E-state index contributed by atoms with van der Waals surface area (Å²) in [5, 5.41) is 7.83. The van der Waals surface area contributed by atoms with Crippen LogP contribution in [-0.4, -0.2) is 4.98 Å². The Morgan fingerprint density at radius 3 is 1.83 bits per heavy atom. The quantitative estimate of drug-likeness (QED) is 0.187. The maximum absolute atomic E-state index is 4.57. The molecule has 7 aromatic carbocycles. The van der Waals surface area contributed by atoms with Crippen molar-refractivity contribution in [2.24, 2.45) is 0 Å². The third-order valence-corrected chi connectivity index (χ3v) is 9.94. The molecule has 8 aromatic rings. The molecule has 0 bridgehead atoms. The van der Waals surface area contributed by atoms with Gasteiger partial charge in [0.2, 0.25) is 0 Å². The molecule has 1 aliphatic rings. The molecular weight excluding hydrogens is 555 g/mol. The molecule has 0 saturated heterocycles. The Hall–Kier alpha value is -5.53. The topological polar surface area (TPSA) is 12.9 Å². The van der Waals surface area contributed by atoms with Crippen LogP contribution in [0.3, 0.4) is 0 Å². The maximum atomic E-state index is 4.57. The Bertz CT molecular complexity index is 2460. The Morgan fingerprint density at radius 1 is 0.457 bits per heavy atom. The molecule has 1 aliphatic carbocycles. The van der Waals surface area contributed by atoms with Crippen LogP contribution in [0.5, 0.6) is 0 Å². The van der Waals surface area contributed by atoms with Crippen molar-refractivity contribution in [2.45, 2.75) is 27.2 Å². The molecule has 0 saturated carbocycles. The molecule has 46 heavy (non-hydrogen) atoms. The highest BCUT2D eigenvalue weighted by atomic mass is 14.7. The molecule has 0 amide bonds. The van der Waals surface area contributed by atoms with E-state index in [-0.39, 0.29) is 0 Å². The summed E-state index contributed by atoms with van der Waals surface area (Å²) in [6.45, 7) is 6.51. The molecule has 1 aromatic heterocycles. The van der Waals surface area contributed by atoms with E-state index >= 15 is 0 Å². The van der Waals surface area contributed by atoms with Crippen LogP contribution < -0.4 is 0 Å². The number of nitrogens with zero attached hydrogens (tertiary/aromatic N) is 1. The zero-order chi connectivity index (χ0) is 30.9. The van der Waals surface area contributed by atoms with Crippen LogP contribution in [0, 0.1) is 20.8 Å². The number of rotatable bonds is 3. The molecule has 0 unspecified atom stereocenters. The summed E-state index contributed by atoms with van der Waals surface area (Å²) in [7, 11) is 0. The summed E-state index contributed by atoms with van der Waals surface area (Å²) in [5.74, 6) is 0. The second-order valence-electron chi connectivity index (χ2n) is 12.9. The first kappa shape index (κ1) is 26.8. The van der Waals surface area contributed by atoms with Gasteiger partial charge >= 0.3 is 0 Å². The summed E-state index contributed by atoms with van der Waals surface area (Å²) in [6, 6.07) is 47.5. The van der Waals surface area contributed by atoms with Crippen LogP contribution in [0.4, 0.5) is 0 Å². The van der Waals surface area contributed by atoms with Gasteiger partial charge in [0.05, 0.1) is 0 Å². The second kappa shape index (κ2) is 10.3. The highest BCUT2D eigenvalue weighted by Crippen LogP contribution is 2.49. The Labute approximate surface area is 269 Å². The summed E-state index contributed by atoms with van der Waals surface area (Å²) in [4.78, 5) is 4.57. The molecule has 0 N–H and O–H groups in total. The van der Waals surface area contributed by atoms with Crippen molar-refractivity contribution in [3.8, 4) is 44.5 Å². The van der Waals surface area contributed by atoms with E-state index in [1.54, 1.807) is 0 Å². The molecular formula is C45H33N. The number of aromatic nitrogens is 1. The smallest absolute Gasteiger partial charge is 0.0373 e. The van der Waals surface area contributed by atoms with Gasteiger partial charge in [-0.15, -0.1) is 0 Å². The standard InChI is InChI=1S/C45H33N/c1-27-22-28(2)42-34(23-27)25-32-12-9-17-37-40(20-21-41(42)44(32)37)45-38-15-6-4-13-35(38)43(36-14-5-7-16-39(36)45)31-11-8-10-30(24-31)33-19-18-29(3)46-26-33/h4-24,26H,25H2,1-3H3. The van der Waals surface area contributed by atoms with Gasteiger partial charge in [-0.05, 0) is 127 Å². The van der Waals surface area contributed by atoms with Crippen molar-refractivity contribution in [2.75, 3.05) is 0 Å². The monoisotopic (exact) mass is 587 g/mol. The van der Waals surface area contributed by atoms with Gasteiger partial charge in [-0.1, -0.05) is 121 Å². The summed E-state index contributed by atoms with van der Waals surface area (Å²) < 4.78 is 0. The minimum atomic E-state index is 0.971. The lowest BCUT2D eigenvalue weighted by molar-refractivity contribution is 1.17. The number of hydrogen-bond donors (Lipinski definition) is 0. The summed E-state index contributed by atoms with van der Waals surface area (Å²) in [5.41, 5.74) is 16.8. The Kier molecular flexibility index (Phi) is 5.98. The third kappa shape index (κ3) is 4.05. The molecule has 1 heteroatoms. The van der Waals surface area contributed by atoms with Gasteiger partial charge < -0.3 is 0 Å². The first-order valence-corrected chi connectivity index (χ1v) is 16.2. The van der Waals surface area contributed by atoms with E-state index in [1.807, 2.05) is 13.1 Å². The minimum Gasteiger partial charge on any atom is -0.261 e.